The zero-order valence-electron chi connectivity index (χ0n) is 8.21. The van der Waals surface area contributed by atoms with Gasteiger partial charge in [0.15, 0.2) is 14.4 Å². The van der Waals surface area contributed by atoms with Gasteiger partial charge < -0.3 is 0 Å². The number of amides is 2. The molecule has 2 rings (SSSR count). The third kappa shape index (κ3) is 2.38. The molecule has 90 valence electrons. The fraction of sp³-hybridized carbons (Fsp3) is 0.111. The lowest BCUT2D eigenvalue weighted by molar-refractivity contribution is -0.117. The third-order valence-electron chi connectivity index (χ3n) is 2.08. The number of imide groups is 1. The van der Waals surface area contributed by atoms with Crippen molar-refractivity contribution in [1.29, 1.82) is 0 Å². The van der Waals surface area contributed by atoms with Gasteiger partial charge in [0, 0.05) is 4.47 Å². The number of hydrogen-bond donors (Lipinski definition) is 1. The third-order valence-corrected chi connectivity index (χ3v) is 6.11. The Morgan fingerprint density at radius 1 is 1.18 bits per heavy atom. The molecule has 1 aliphatic heterocycles. The molecule has 0 aliphatic carbocycles. The van der Waals surface area contributed by atoms with Gasteiger partial charge in [-0.15, -0.1) is 0 Å². The molecule has 1 aliphatic rings. The molecule has 1 aromatic carbocycles. The first-order valence-corrected chi connectivity index (χ1v) is 7.64. The van der Waals surface area contributed by atoms with E-state index in [1.54, 1.807) is 12.1 Å². The highest BCUT2D eigenvalue weighted by atomic mass is 79.9. The normalized spacial score (nSPS) is 20.4. The van der Waals surface area contributed by atoms with Crippen molar-refractivity contribution in [2.24, 2.45) is 0 Å². The standard InChI is InChI=1S/C9H6BrNO4S2/c10-5-1-3-6(4-2-5)17(14,15)8-7(12)11-9(13)16-8/h1-4,8H,(H,11,12,13). The van der Waals surface area contributed by atoms with Gasteiger partial charge in [-0.2, -0.15) is 0 Å². The fourth-order valence-corrected chi connectivity index (χ4v) is 4.28. The molecule has 1 heterocycles. The SMILES string of the molecule is O=C1NC(=O)C(S(=O)(=O)c2ccc(Br)cc2)S1. The number of nitrogens with one attached hydrogen (secondary N) is 1. The van der Waals surface area contributed by atoms with E-state index < -0.39 is 25.6 Å². The number of rotatable bonds is 2. The summed E-state index contributed by atoms with van der Waals surface area (Å²) < 4.78 is 23.4. The predicted octanol–water partition coefficient (Wildman–Crippen LogP) is 1.53. The second-order valence-electron chi connectivity index (χ2n) is 3.23. The van der Waals surface area contributed by atoms with Gasteiger partial charge >= 0.3 is 0 Å². The first-order chi connectivity index (χ1) is 7.91. The number of thioether (sulfide) groups is 1. The Kier molecular flexibility index (Phi) is 3.28. The highest BCUT2D eigenvalue weighted by molar-refractivity contribution is 9.10. The first-order valence-electron chi connectivity index (χ1n) is 4.42. The van der Waals surface area contributed by atoms with Crippen LogP contribution in [0.3, 0.4) is 0 Å². The maximum Gasteiger partial charge on any atom is 0.287 e. The number of hydrogen-bond acceptors (Lipinski definition) is 5. The van der Waals surface area contributed by atoms with Crippen molar-refractivity contribution < 1.29 is 18.0 Å². The average molecular weight is 336 g/mol. The van der Waals surface area contributed by atoms with Crippen LogP contribution >= 0.6 is 27.7 Å². The van der Waals surface area contributed by atoms with E-state index in [-0.39, 0.29) is 4.90 Å². The maximum absolute atomic E-state index is 12.1. The molecule has 0 bridgehead atoms. The summed E-state index contributed by atoms with van der Waals surface area (Å²) in [5, 5.41) is 1.31. The highest BCUT2D eigenvalue weighted by Crippen LogP contribution is 2.29. The summed E-state index contributed by atoms with van der Waals surface area (Å²) in [6.45, 7) is 0. The van der Waals surface area contributed by atoms with Crippen molar-refractivity contribution in [3.63, 3.8) is 0 Å². The van der Waals surface area contributed by atoms with Crippen molar-refractivity contribution in [3.8, 4) is 0 Å². The van der Waals surface area contributed by atoms with E-state index in [2.05, 4.69) is 15.9 Å². The number of sulfone groups is 1. The van der Waals surface area contributed by atoms with Crippen molar-refractivity contribution >= 4 is 48.7 Å². The highest BCUT2D eigenvalue weighted by Gasteiger charge is 2.42. The van der Waals surface area contributed by atoms with E-state index in [0.29, 0.717) is 11.8 Å². The smallest absolute Gasteiger partial charge is 0.285 e. The maximum atomic E-state index is 12.1. The van der Waals surface area contributed by atoms with Gasteiger partial charge in [0.25, 0.3) is 11.1 Å². The van der Waals surface area contributed by atoms with Crippen LogP contribution in [0.15, 0.2) is 33.6 Å². The molecule has 17 heavy (non-hydrogen) atoms. The summed E-state index contributed by atoms with van der Waals surface area (Å²) in [4.78, 5) is 22.3. The van der Waals surface area contributed by atoms with Gasteiger partial charge in [-0.3, -0.25) is 14.9 Å². The second kappa shape index (κ2) is 4.43. The van der Waals surface area contributed by atoms with Crippen molar-refractivity contribution in [1.82, 2.24) is 5.32 Å². The van der Waals surface area contributed by atoms with Crippen molar-refractivity contribution in [2.75, 3.05) is 0 Å². The van der Waals surface area contributed by atoms with Crippen LogP contribution < -0.4 is 5.32 Å². The van der Waals surface area contributed by atoms with Crippen LogP contribution in [0.25, 0.3) is 0 Å². The number of carbonyl (C=O) groups excluding carboxylic acids is 2. The summed E-state index contributed by atoms with van der Waals surface area (Å²) in [6.07, 6.45) is 0. The van der Waals surface area contributed by atoms with E-state index in [1.807, 2.05) is 5.32 Å². The Bertz CT molecular complexity index is 582. The zero-order chi connectivity index (χ0) is 12.6. The molecule has 1 saturated heterocycles. The minimum atomic E-state index is -3.83. The molecule has 5 nitrogen and oxygen atoms in total. The summed E-state index contributed by atoms with van der Waals surface area (Å²) in [7, 11) is -3.83. The number of carbonyl (C=O) groups is 2. The minimum Gasteiger partial charge on any atom is -0.285 e. The molecule has 1 atom stereocenters. The Morgan fingerprint density at radius 3 is 2.24 bits per heavy atom. The van der Waals surface area contributed by atoms with Gasteiger partial charge in [0.2, 0.25) is 0 Å². The van der Waals surface area contributed by atoms with E-state index in [1.165, 1.54) is 12.1 Å². The molecule has 1 aromatic rings. The Balaban J connectivity index is 2.40. The monoisotopic (exact) mass is 335 g/mol. The fourth-order valence-electron chi connectivity index (χ4n) is 1.29. The van der Waals surface area contributed by atoms with E-state index in [9.17, 15) is 18.0 Å². The lowest BCUT2D eigenvalue weighted by Gasteiger charge is -2.07. The Hall–Kier alpha value is -0.860. The van der Waals surface area contributed by atoms with Crippen LogP contribution in [-0.2, 0) is 14.6 Å². The van der Waals surface area contributed by atoms with E-state index in [0.717, 1.165) is 4.47 Å². The summed E-state index contributed by atoms with van der Waals surface area (Å²) in [5.74, 6) is -0.789. The lowest BCUT2D eigenvalue weighted by atomic mass is 10.4. The van der Waals surface area contributed by atoms with Gasteiger partial charge in [-0.25, -0.2) is 8.42 Å². The number of benzene rings is 1. The molecule has 1 unspecified atom stereocenters. The summed E-state index contributed by atoms with van der Waals surface area (Å²) >= 11 is 3.66. The molecule has 1 N–H and O–H groups in total. The van der Waals surface area contributed by atoms with E-state index >= 15 is 0 Å². The van der Waals surface area contributed by atoms with Crippen LogP contribution in [0.5, 0.6) is 0 Å². The Labute approximate surface area is 110 Å². The van der Waals surface area contributed by atoms with Gasteiger partial charge in [-0.05, 0) is 36.0 Å². The largest absolute Gasteiger partial charge is 0.287 e. The minimum absolute atomic E-state index is 0.0167. The van der Waals surface area contributed by atoms with Crippen LogP contribution in [0.1, 0.15) is 0 Å². The second-order valence-corrected chi connectivity index (χ2v) is 7.55. The van der Waals surface area contributed by atoms with Crippen LogP contribution in [0.2, 0.25) is 0 Å². The van der Waals surface area contributed by atoms with Crippen LogP contribution in [0.4, 0.5) is 4.79 Å². The number of halogens is 1. The quantitative estimate of drug-likeness (QED) is 0.886. The summed E-state index contributed by atoms with van der Waals surface area (Å²) in [6, 6.07) is 5.89. The van der Waals surface area contributed by atoms with Gasteiger partial charge in [0.1, 0.15) is 0 Å². The van der Waals surface area contributed by atoms with Crippen molar-refractivity contribution in [3.05, 3.63) is 28.7 Å². The molecule has 0 saturated carbocycles. The first kappa shape index (κ1) is 12.6. The van der Waals surface area contributed by atoms with Gasteiger partial charge in [-0.1, -0.05) is 15.9 Å². The van der Waals surface area contributed by atoms with Crippen molar-refractivity contribution in [2.45, 2.75) is 9.48 Å². The molecule has 0 spiro atoms. The molecular weight excluding hydrogens is 330 g/mol. The molecule has 1 fully saturated rings. The lowest BCUT2D eigenvalue weighted by Crippen LogP contribution is -2.30. The average Bonchev–Trinajstić information content (AvgIpc) is 2.59. The predicted molar refractivity (Wildman–Crippen MR) is 66.2 cm³/mol. The molecule has 0 aromatic heterocycles. The summed E-state index contributed by atoms with van der Waals surface area (Å²) in [5.41, 5.74) is 0. The van der Waals surface area contributed by atoms with Crippen LogP contribution in [0, 0.1) is 0 Å². The molecular formula is C9H6BrNO4S2. The van der Waals surface area contributed by atoms with E-state index in [4.69, 9.17) is 0 Å². The van der Waals surface area contributed by atoms with Gasteiger partial charge in [0.05, 0.1) is 4.90 Å². The molecule has 2 amide bonds. The topological polar surface area (TPSA) is 80.3 Å². The zero-order valence-corrected chi connectivity index (χ0v) is 11.4. The molecule has 8 heteroatoms. The Morgan fingerprint density at radius 2 is 1.76 bits per heavy atom. The van der Waals surface area contributed by atoms with Crippen LogP contribution in [-0.4, -0.2) is 24.1 Å². The molecule has 0 radical (unpaired) electrons.